The van der Waals surface area contributed by atoms with Gasteiger partial charge in [0.05, 0.1) is 11.9 Å². The summed E-state index contributed by atoms with van der Waals surface area (Å²) in [6.07, 6.45) is -9.82. The smallest absolute Gasteiger partial charge is 0.545 e. The van der Waals surface area contributed by atoms with Gasteiger partial charge in [0.25, 0.3) is 0 Å². The molecule has 0 atom stereocenters. The average molecular weight is 548 g/mol. The number of rotatable bonds is 4. The van der Waals surface area contributed by atoms with Crippen LogP contribution in [0.25, 0.3) is 0 Å². The number of carboxylic acids is 2. The van der Waals surface area contributed by atoms with E-state index in [2.05, 4.69) is 9.47 Å². The van der Waals surface area contributed by atoms with Gasteiger partial charge in [-0.15, -0.1) is 26.3 Å². The van der Waals surface area contributed by atoms with E-state index in [9.17, 15) is 46.1 Å². The molecule has 0 aliphatic rings. The molecule has 0 N–H and O–H groups in total. The van der Waals surface area contributed by atoms with Gasteiger partial charge in [0.2, 0.25) is 0 Å². The first-order valence-corrected chi connectivity index (χ1v) is 6.92. The number of ether oxygens (including phenoxy) is 2. The standard InChI is InChI=1S/2C8H5F3O3.Ba/c2*9-8(10,11)14-6-4-2-1-3-5(6)7(12)13;/h2*1-4H,(H,12,13);/q;;+2/p-2. The summed E-state index contributed by atoms with van der Waals surface area (Å²) in [5, 5.41) is 20.7. The third-order valence-electron chi connectivity index (χ3n) is 2.67. The van der Waals surface area contributed by atoms with E-state index in [0.717, 1.165) is 24.3 Å². The monoisotopic (exact) mass is 548 g/mol. The Kier molecular flexibility index (Phi) is 10.6. The zero-order chi connectivity index (χ0) is 21.5. The van der Waals surface area contributed by atoms with Crippen molar-refractivity contribution in [2.24, 2.45) is 0 Å². The zero-order valence-electron chi connectivity index (χ0n) is 14.0. The quantitative estimate of drug-likeness (QED) is 0.425. The summed E-state index contributed by atoms with van der Waals surface area (Å²) in [6, 6.07) is 8.74. The van der Waals surface area contributed by atoms with E-state index >= 15 is 0 Å². The van der Waals surface area contributed by atoms with Crippen molar-refractivity contribution in [1.29, 1.82) is 0 Å². The van der Waals surface area contributed by atoms with Crippen molar-refractivity contribution in [3.63, 3.8) is 0 Å². The van der Waals surface area contributed by atoms with Crippen molar-refractivity contribution >= 4 is 60.8 Å². The van der Waals surface area contributed by atoms with Crippen LogP contribution in [0.4, 0.5) is 26.3 Å². The van der Waals surface area contributed by atoms with Gasteiger partial charge in [-0.1, -0.05) is 24.3 Å². The molecule has 2 rings (SSSR count). The van der Waals surface area contributed by atoms with Crippen LogP contribution in [0.15, 0.2) is 48.5 Å². The molecule has 0 amide bonds. The molecule has 29 heavy (non-hydrogen) atoms. The van der Waals surface area contributed by atoms with E-state index in [1.165, 1.54) is 24.3 Å². The number of benzene rings is 2. The summed E-state index contributed by atoms with van der Waals surface area (Å²) in [6.45, 7) is 0. The summed E-state index contributed by atoms with van der Waals surface area (Å²) < 4.78 is 77.4. The van der Waals surface area contributed by atoms with Crippen LogP contribution in [0.5, 0.6) is 11.5 Å². The van der Waals surface area contributed by atoms with E-state index < -0.39 is 47.3 Å². The van der Waals surface area contributed by atoms with Gasteiger partial charge in [0.1, 0.15) is 11.5 Å². The Balaban J connectivity index is 0.000000523. The summed E-state index contributed by atoms with van der Waals surface area (Å²) >= 11 is 0. The topological polar surface area (TPSA) is 98.7 Å². The predicted octanol–water partition coefficient (Wildman–Crippen LogP) is 1.52. The van der Waals surface area contributed by atoms with Gasteiger partial charge < -0.3 is 29.3 Å². The maximum absolute atomic E-state index is 11.7. The van der Waals surface area contributed by atoms with Gasteiger partial charge in [-0.05, 0) is 24.3 Å². The third kappa shape index (κ3) is 10.5. The number of carboxylic acid groups (broad SMARTS) is 2. The van der Waals surface area contributed by atoms with Crippen LogP contribution >= 0.6 is 0 Å². The second-order valence-corrected chi connectivity index (χ2v) is 4.66. The molecule has 2 aromatic carbocycles. The van der Waals surface area contributed by atoms with Crippen molar-refractivity contribution in [2.75, 3.05) is 0 Å². The maximum Gasteiger partial charge on any atom is 2.00 e. The van der Waals surface area contributed by atoms with Gasteiger partial charge in [0.15, 0.2) is 0 Å². The van der Waals surface area contributed by atoms with E-state index in [0.29, 0.717) is 0 Å². The van der Waals surface area contributed by atoms with Crippen LogP contribution < -0.4 is 19.7 Å². The maximum atomic E-state index is 11.7. The molecule has 0 fully saturated rings. The van der Waals surface area contributed by atoms with Crippen molar-refractivity contribution < 1.29 is 55.6 Å². The molecule has 0 heterocycles. The van der Waals surface area contributed by atoms with Crippen molar-refractivity contribution in [3.05, 3.63) is 59.7 Å². The van der Waals surface area contributed by atoms with Crippen molar-refractivity contribution in [1.82, 2.24) is 0 Å². The number of aromatic carboxylic acids is 2. The SMILES string of the molecule is O=C([O-])c1ccccc1OC(F)(F)F.O=C([O-])c1ccccc1OC(F)(F)F.[Ba+2]. The summed E-state index contributed by atoms with van der Waals surface area (Å²) in [5.41, 5.74) is -1.27. The van der Waals surface area contributed by atoms with Gasteiger partial charge in [-0.3, -0.25) is 0 Å². The Hall–Kier alpha value is -1.87. The van der Waals surface area contributed by atoms with Crippen LogP contribution in [0.2, 0.25) is 0 Å². The van der Waals surface area contributed by atoms with E-state index in [1.807, 2.05) is 0 Å². The molecule has 0 aliphatic heterocycles. The van der Waals surface area contributed by atoms with Gasteiger partial charge >= 0.3 is 61.6 Å². The number of alkyl halides is 6. The molecule has 13 heteroatoms. The fourth-order valence-electron chi connectivity index (χ4n) is 1.70. The molecule has 0 radical (unpaired) electrons. The molecule has 2 aromatic rings. The van der Waals surface area contributed by atoms with Gasteiger partial charge in [-0.2, -0.15) is 0 Å². The molecule has 152 valence electrons. The number of carbonyl (C=O) groups is 2. The Labute approximate surface area is 199 Å². The first-order chi connectivity index (χ1) is 12.8. The number of para-hydroxylation sites is 2. The molecule has 0 aliphatic carbocycles. The molecule has 0 unspecified atom stereocenters. The number of halogens is 6. The fourth-order valence-corrected chi connectivity index (χ4v) is 1.70. The minimum atomic E-state index is -4.91. The Morgan fingerprint density at radius 3 is 1.17 bits per heavy atom. The number of hydrogen-bond acceptors (Lipinski definition) is 6. The van der Waals surface area contributed by atoms with Crippen molar-refractivity contribution in [2.45, 2.75) is 12.7 Å². The molecule has 0 saturated heterocycles. The minimum Gasteiger partial charge on any atom is -0.545 e. The fraction of sp³-hybridized carbons (Fsp3) is 0.125. The summed E-state index contributed by atoms with van der Waals surface area (Å²) in [5.74, 6) is -4.99. The summed E-state index contributed by atoms with van der Waals surface area (Å²) in [7, 11) is 0. The molecular weight excluding hydrogens is 539 g/mol. The number of carbonyl (C=O) groups excluding carboxylic acids is 2. The molecule has 6 nitrogen and oxygen atoms in total. The minimum absolute atomic E-state index is 0. The zero-order valence-corrected chi connectivity index (χ0v) is 18.5. The van der Waals surface area contributed by atoms with Crippen LogP contribution in [0, 0.1) is 0 Å². The van der Waals surface area contributed by atoms with Gasteiger partial charge in [-0.25, -0.2) is 0 Å². The Morgan fingerprint density at radius 2 is 0.931 bits per heavy atom. The van der Waals surface area contributed by atoms with E-state index in [-0.39, 0.29) is 48.9 Å². The van der Waals surface area contributed by atoms with Crippen molar-refractivity contribution in [3.8, 4) is 11.5 Å². The molecule has 0 bridgehead atoms. The molecule has 0 aromatic heterocycles. The molecular formula is C16H8BaF6O6. The normalized spacial score (nSPS) is 10.7. The van der Waals surface area contributed by atoms with Crippen LogP contribution in [-0.4, -0.2) is 73.5 Å². The predicted molar refractivity (Wildman–Crippen MR) is 80.7 cm³/mol. The van der Waals surface area contributed by atoms with E-state index in [1.54, 1.807) is 0 Å². The first kappa shape index (κ1) is 27.1. The Morgan fingerprint density at radius 1 is 0.655 bits per heavy atom. The van der Waals surface area contributed by atoms with Crippen LogP contribution in [0.3, 0.4) is 0 Å². The average Bonchev–Trinajstić information content (AvgIpc) is 2.53. The Bertz CT molecular complexity index is 768. The third-order valence-corrected chi connectivity index (χ3v) is 2.67. The second kappa shape index (κ2) is 11.4. The second-order valence-electron chi connectivity index (χ2n) is 4.66. The molecule has 0 saturated carbocycles. The van der Waals surface area contributed by atoms with E-state index in [4.69, 9.17) is 0 Å². The first-order valence-electron chi connectivity index (χ1n) is 6.92. The van der Waals surface area contributed by atoms with Crippen LogP contribution in [-0.2, 0) is 0 Å². The molecule has 0 spiro atoms. The summed E-state index contributed by atoms with van der Waals surface area (Å²) in [4.78, 5) is 20.7. The number of hydrogen-bond donors (Lipinski definition) is 0. The van der Waals surface area contributed by atoms with Gasteiger partial charge in [0, 0.05) is 11.1 Å². The van der Waals surface area contributed by atoms with Crippen LogP contribution in [0.1, 0.15) is 20.7 Å². The largest absolute Gasteiger partial charge is 2.00 e.